The first kappa shape index (κ1) is 20.8. The van der Waals surface area contributed by atoms with Gasteiger partial charge in [-0.1, -0.05) is 47.5 Å². The number of rotatable bonds is 4. The predicted molar refractivity (Wildman–Crippen MR) is 99.7 cm³/mol. The van der Waals surface area contributed by atoms with Gasteiger partial charge in [0.15, 0.2) is 0 Å². The zero-order chi connectivity index (χ0) is 19.6. The highest BCUT2D eigenvalue weighted by molar-refractivity contribution is 5.89. The van der Waals surface area contributed by atoms with Crippen LogP contribution in [0.25, 0.3) is 0 Å². The second-order valence-electron chi connectivity index (χ2n) is 6.11. The molecular formula is C21H24O6. The Morgan fingerprint density at radius 2 is 1.48 bits per heavy atom. The number of benzene rings is 2. The molecule has 3 rings (SSSR count). The standard InChI is InChI=1S/C13H16O5.C8H8O/c1-9-3-5-10(6-4-9)12(14)18-13-16-7-11(15-2)8-17-13;1-7-2-4-8(6-9)5-3-7/h3-6,11,13H,7-8H2,1-2H3;2-6H,1H3. The van der Waals surface area contributed by atoms with Crippen LogP contribution in [0.4, 0.5) is 0 Å². The third-order valence-electron chi connectivity index (χ3n) is 3.87. The average Bonchev–Trinajstić information content (AvgIpc) is 2.70. The number of carbonyl (C=O) groups is 2. The van der Waals surface area contributed by atoms with Gasteiger partial charge >= 0.3 is 12.4 Å². The van der Waals surface area contributed by atoms with Crippen LogP contribution >= 0.6 is 0 Å². The van der Waals surface area contributed by atoms with Gasteiger partial charge in [-0.2, -0.15) is 0 Å². The zero-order valence-corrected chi connectivity index (χ0v) is 15.7. The highest BCUT2D eigenvalue weighted by Crippen LogP contribution is 2.12. The highest BCUT2D eigenvalue weighted by atomic mass is 16.9. The molecule has 2 aromatic rings. The van der Waals surface area contributed by atoms with Crippen molar-refractivity contribution in [2.45, 2.75) is 26.4 Å². The largest absolute Gasteiger partial charge is 0.407 e. The Labute approximate surface area is 159 Å². The van der Waals surface area contributed by atoms with E-state index in [0.29, 0.717) is 18.8 Å². The molecular weight excluding hydrogens is 348 g/mol. The fraction of sp³-hybridized carbons (Fsp3) is 0.333. The summed E-state index contributed by atoms with van der Waals surface area (Å²) in [6.07, 6.45) is 0.735. The number of hydrogen-bond acceptors (Lipinski definition) is 6. The van der Waals surface area contributed by atoms with Crippen LogP contribution < -0.4 is 0 Å². The van der Waals surface area contributed by atoms with Gasteiger partial charge in [0, 0.05) is 12.7 Å². The third kappa shape index (κ3) is 6.94. The molecule has 0 aliphatic carbocycles. The normalized spacial score (nSPS) is 18.8. The molecule has 0 bridgehead atoms. The van der Waals surface area contributed by atoms with E-state index in [-0.39, 0.29) is 6.10 Å². The maximum Gasteiger partial charge on any atom is 0.342 e. The van der Waals surface area contributed by atoms with Crippen molar-refractivity contribution in [3.8, 4) is 0 Å². The van der Waals surface area contributed by atoms with E-state index < -0.39 is 12.4 Å². The fourth-order valence-electron chi connectivity index (χ4n) is 2.16. The van der Waals surface area contributed by atoms with E-state index in [0.717, 1.165) is 17.4 Å². The summed E-state index contributed by atoms with van der Waals surface area (Å²) in [5.74, 6) is -0.462. The van der Waals surface area contributed by atoms with Crippen molar-refractivity contribution < 1.29 is 28.5 Å². The average molecular weight is 372 g/mol. The monoisotopic (exact) mass is 372 g/mol. The summed E-state index contributed by atoms with van der Waals surface area (Å²) in [6.45, 7) is 3.69. The van der Waals surface area contributed by atoms with Crippen molar-refractivity contribution in [1.29, 1.82) is 0 Å². The molecule has 1 heterocycles. The van der Waals surface area contributed by atoms with Crippen LogP contribution in [0.2, 0.25) is 0 Å². The van der Waals surface area contributed by atoms with Gasteiger partial charge in [0.25, 0.3) is 0 Å². The molecule has 0 spiro atoms. The smallest absolute Gasteiger partial charge is 0.342 e. The molecule has 1 aliphatic rings. The van der Waals surface area contributed by atoms with Crippen molar-refractivity contribution in [2.75, 3.05) is 20.3 Å². The second kappa shape index (κ2) is 10.6. The van der Waals surface area contributed by atoms with E-state index in [1.165, 1.54) is 5.56 Å². The Kier molecular flexibility index (Phi) is 8.13. The SMILES string of the molecule is COC1COC(OC(=O)c2ccc(C)cc2)OC1.Cc1ccc(C=O)cc1. The fourth-order valence-corrected chi connectivity index (χ4v) is 2.16. The molecule has 6 nitrogen and oxygen atoms in total. The minimum atomic E-state index is -0.954. The molecule has 6 heteroatoms. The number of aldehydes is 1. The highest BCUT2D eigenvalue weighted by Gasteiger charge is 2.25. The summed E-state index contributed by atoms with van der Waals surface area (Å²) in [7, 11) is 1.58. The van der Waals surface area contributed by atoms with Crippen LogP contribution in [0.15, 0.2) is 48.5 Å². The van der Waals surface area contributed by atoms with Crippen LogP contribution in [-0.4, -0.2) is 45.2 Å². The number of carbonyl (C=O) groups excluding carboxylic acids is 2. The van der Waals surface area contributed by atoms with Gasteiger partial charge in [-0.25, -0.2) is 4.79 Å². The van der Waals surface area contributed by atoms with Gasteiger partial charge < -0.3 is 18.9 Å². The predicted octanol–water partition coefficient (Wildman–Crippen LogP) is 3.30. The number of aryl methyl sites for hydroxylation is 2. The first-order chi connectivity index (χ1) is 13.0. The molecule has 1 fully saturated rings. The summed E-state index contributed by atoms with van der Waals surface area (Å²) in [5, 5.41) is 0. The Morgan fingerprint density at radius 1 is 0.963 bits per heavy atom. The van der Waals surface area contributed by atoms with Gasteiger partial charge in [-0.15, -0.1) is 0 Å². The van der Waals surface area contributed by atoms with Gasteiger partial charge in [-0.3, -0.25) is 4.79 Å². The molecule has 0 atom stereocenters. The number of hydrogen-bond donors (Lipinski definition) is 0. The maximum atomic E-state index is 11.8. The first-order valence-corrected chi connectivity index (χ1v) is 8.57. The molecule has 1 saturated heterocycles. The van der Waals surface area contributed by atoms with Gasteiger partial charge in [0.2, 0.25) is 0 Å². The number of ether oxygens (including phenoxy) is 4. The minimum Gasteiger partial charge on any atom is -0.407 e. The van der Waals surface area contributed by atoms with Crippen LogP contribution in [0.3, 0.4) is 0 Å². The Balaban J connectivity index is 0.000000244. The lowest BCUT2D eigenvalue weighted by atomic mass is 10.1. The summed E-state index contributed by atoms with van der Waals surface area (Å²) in [4.78, 5) is 21.9. The number of methoxy groups -OCH3 is 1. The molecule has 27 heavy (non-hydrogen) atoms. The van der Waals surface area contributed by atoms with Crippen molar-refractivity contribution in [1.82, 2.24) is 0 Å². The van der Waals surface area contributed by atoms with E-state index >= 15 is 0 Å². The first-order valence-electron chi connectivity index (χ1n) is 8.57. The summed E-state index contributed by atoms with van der Waals surface area (Å²) < 4.78 is 20.5. The Hall–Kier alpha value is -2.54. The Bertz CT molecular complexity index is 715. The van der Waals surface area contributed by atoms with Crippen molar-refractivity contribution in [3.05, 3.63) is 70.8 Å². The molecule has 0 saturated carbocycles. The van der Waals surface area contributed by atoms with E-state index in [1.807, 2.05) is 50.2 Å². The van der Waals surface area contributed by atoms with Crippen molar-refractivity contribution in [3.63, 3.8) is 0 Å². The summed E-state index contributed by atoms with van der Waals surface area (Å²) >= 11 is 0. The van der Waals surface area contributed by atoms with E-state index in [4.69, 9.17) is 18.9 Å². The van der Waals surface area contributed by atoms with Gasteiger partial charge in [-0.05, 0) is 26.0 Å². The van der Waals surface area contributed by atoms with E-state index in [1.54, 1.807) is 19.2 Å². The molecule has 2 aromatic carbocycles. The topological polar surface area (TPSA) is 71.1 Å². The second-order valence-corrected chi connectivity index (χ2v) is 6.11. The van der Waals surface area contributed by atoms with E-state index in [9.17, 15) is 9.59 Å². The molecule has 0 amide bonds. The van der Waals surface area contributed by atoms with Crippen LogP contribution in [0.1, 0.15) is 31.8 Å². The third-order valence-corrected chi connectivity index (χ3v) is 3.87. The number of esters is 1. The molecule has 0 N–H and O–H groups in total. The van der Waals surface area contributed by atoms with Crippen LogP contribution in [-0.2, 0) is 18.9 Å². The summed E-state index contributed by atoms with van der Waals surface area (Å²) in [6, 6.07) is 14.6. The molecule has 1 aliphatic heterocycles. The van der Waals surface area contributed by atoms with Crippen LogP contribution in [0, 0.1) is 13.8 Å². The lowest BCUT2D eigenvalue weighted by Crippen LogP contribution is -2.39. The molecule has 0 aromatic heterocycles. The van der Waals surface area contributed by atoms with Crippen molar-refractivity contribution >= 4 is 12.3 Å². The van der Waals surface area contributed by atoms with Gasteiger partial charge in [0.1, 0.15) is 12.4 Å². The zero-order valence-electron chi connectivity index (χ0n) is 15.7. The molecule has 0 radical (unpaired) electrons. The lowest BCUT2D eigenvalue weighted by Gasteiger charge is -2.27. The molecule has 144 valence electrons. The minimum absolute atomic E-state index is 0.112. The van der Waals surface area contributed by atoms with Crippen molar-refractivity contribution in [2.24, 2.45) is 0 Å². The van der Waals surface area contributed by atoms with E-state index in [2.05, 4.69) is 0 Å². The van der Waals surface area contributed by atoms with Crippen LogP contribution in [0.5, 0.6) is 0 Å². The maximum absolute atomic E-state index is 11.8. The Morgan fingerprint density at radius 3 is 1.96 bits per heavy atom. The van der Waals surface area contributed by atoms with Gasteiger partial charge in [0.05, 0.1) is 18.8 Å². The quantitative estimate of drug-likeness (QED) is 0.606. The molecule has 0 unspecified atom stereocenters. The summed E-state index contributed by atoms with van der Waals surface area (Å²) in [5.41, 5.74) is 3.47. The lowest BCUT2D eigenvalue weighted by molar-refractivity contribution is -0.308.